The van der Waals surface area contributed by atoms with Gasteiger partial charge in [-0.2, -0.15) is 0 Å². The van der Waals surface area contributed by atoms with Gasteiger partial charge in [-0.25, -0.2) is 8.60 Å². The molecule has 1 atom stereocenters. The predicted molar refractivity (Wildman–Crippen MR) is 66.1 cm³/mol. The van der Waals surface area contributed by atoms with Crippen molar-refractivity contribution in [1.82, 2.24) is 4.98 Å². The van der Waals surface area contributed by atoms with Crippen molar-refractivity contribution in [2.45, 2.75) is 4.90 Å². The highest BCUT2D eigenvalue weighted by Crippen LogP contribution is 2.13. The van der Waals surface area contributed by atoms with Crippen LogP contribution in [-0.4, -0.2) is 9.19 Å². The second-order valence-corrected chi connectivity index (χ2v) is 4.59. The predicted octanol–water partition coefficient (Wildman–Crippen LogP) is 3.00. The summed E-state index contributed by atoms with van der Waals surface area (Å²) in [7, 11) is -1.49. The van der Waals surface area contributed by atoms with Gasteiger partial charge in [-0.15, -0.1) is 0 Å². The largest absolute Gasteiger partial charge is 0.257 e. The molecular weight excluding hydrogens is 237 g/mol. The summed E-state index contributed by atoms with van der Waals surface area (Å²) in [5.74, 6) is -0.462. The molecule has 2 rings (SSSR count). The van der Waals surface area contributed by atoms with Crippen molar-refractivity contribution in [3.8, 4) is 0 Å². The summed E-state index contributed by atoms with van der Waals surface area (Å²) in [5.41, 5.74) is 0.692. The quantitative estimate of drug-likeness (QED) is 0.834. The van der Waals surface area contributed by atoms with Gasteiger partial charge in [0.2, 0.25) is 0 Å². The zero-order valence-electron chi connectivity index (χ0n) is 8.92. The van der Waals surface area contributed by atoms with E-state index in [-0.39, 0.29) is 4.90 Å². The SMILES string of the molecule is O=S(/C=C/c1ccccn1)c1ccccc1F. The molecule has 2 aromatic rings. The summed E-state index contributed by atoms with van der Waals surface area (Å²) in [4.78, 5) is 4.23. The molecule has 0 aliphatic heterocycles. The number of hydrogen-bond donors (Lipinski definition) is 0. The molecule has 86 valence electrons. The van der Waals surface area contributed by atoms with E-state index < -0.39 is 16.6 Å². The highest BCUT2D eigenvalue weighted by atomic mass is 32.2. The van der Waals surface area contributed by atoms with Crippen molar-refractivity contribution >= 4 is 16.9 Å². The van der Waals surface area contributed by atoms with Gasteiger partial charge in [0, 0.05) is 11.6 Å². The monoisotopic (exact) mass is 247 g/mol. The molecule has 1 heterocycles. The van der Waals surface area contributed by atoms with E-state index in [9.17, 15) is 8.60 Å². The zero-order valence-corrected chi connectivity index (χ0v) is 9.73. The minimum absolute atomic E-state index is 0.180. The first-order chi connectivity index (χ1) is 8.27. The molecule has 2 nitrogen and oxygen atoms in total. The molecule has 1 aromatic heterocycles. The lowest BCUT2D eigenvalue weighted by molar-refractivity contribution is 0.596. The summed E-state index contributed by atoms with van der Waals surface area (Å²) in [6.07, 6.45) is 3.26. The first kappa shape index (κ1) is 11.7. The smallest absolute Gasteiger partial charge is 0.139 e. The lowest BCUT2D eigenvalue weighted by atomic mass is 10.3. The Labute approximate surface area is 101 Å². The van der Waals surface area contributed by atoms with Gasteiger partial charge in [-0.05, 0) is 30.3 Å². The molecule has 0 spiro atoms. The van der Waals surface area contributed by atoms with E-state index in [0.717, 1.165) is 0 Å². The Bertz CT molecular complexity index is 554. The zero-order chi connectivity index (χ0) is 12.1. The highest BCUT2D eigenvalue weighted by molar-refractivity contribution is 7.88. The molecule has 0 radical (unpaired) electrons. The van der Waals surface area contributed by atoms with Gasteiger partial charge in [-0.3, -0.25) is 4.98 Å². The third-order valence-corrected chi connectivity index (χ3v) is 3.25. The number of hydrogen-bond acceptors (Lipinski definition) is 2. The number of benzene rings is 1. The molecule has 0 saturated heterocycles. The topological polar surface area (TPSA) is 30.0 Å². The van der Waals surface area contributed by atoms with Crippen LogP contribution in [0.4, 0.5) is 4.39 Å². The van der Waals surface area contributed by atoms with Crippen LogP contribution in [0.5, 0.6) is 0 Å². The summed E-state index contributed by atoms with van der Waals surface area (Å²) < 4.78 is 25.1. The average molecular weight is 247 g/mol. The third kappa shape index (κ3) is 3.07. The van der Waals surface area contributed by atoms with Gasteiger partial charge in [0.15, 0.2) is 0 Å². The molecule has 17 heavy (non-hydrogen) atoms. The van der Waals surface area contributed by atoms with Crippen molar-refractivity contribution in [2.75, 3.05) is 0 Å². The van der Waals surface area contributed by atoms with Crippen LogP contribution in [0.1, 0.15) is 5.69 Å². The minimum atomic E-state index is -1.49. The maximum Gasteiger partial charge on any atom is 0.139 e. The van der Waals surface area contributed by atoms with E-state index in [0.29, 0.717) is 5.69 Å². The van der Waals surface area contributed by atoms with Crippen molar-refractivity contribution in [2.24, 2.45) is 0 Å². The molecule has 0 bridgehead atoms. The van der Waals surface area contributed by atoms with E-state index in [1.54, 1.807) is 36.5 Å². The standard InChI is InChI=1S/C13H10FNOS/c14-12-6-1-2-7-13(12)17(16)10-8-11-5-3-4-9-15-11/h1-10H/b10-8+. The molecule has 1 unspecified atom stereocenters. The van der Waals surface area contributed by atoms with E-state index in [1.807, 2.05) is 6.07 Å². The van der Waals surface area contributed by atoms with Crippen LogP contribution in [-0.2, 0) is 10.8 Å². The van der Waals surface area contributed by atoms with Gasteiger partial charge >= 0.3 is 0 Å². The molecule has 0 aliphatic carbocycles. The van der Waals surface area contributed by atoms with Gasteiger partial charge in [0.25, 0.3) is 0 Å². The summed E-state index contributed by atoms with van der Waals surface area (Å²) in [6, 6.07) is 11.4. The number of pyridine rings is 1. The molecule has 0 saturated carbocycles. The normalized spacial score (nSPS) is 12.8. The molecule has 0 N–H and O–H groups in total. The fourth-order valence-electron chi connectivity index (χ4n) is 1.29. The van der Waals surface area contributed by atoms with Crippen LogP contribution in [0, 0.1) is 5.82 Å². The Morgan fingerprint density at radius 1 is 1.12 bits per heavy atom. The Morgan fingerprint density at radius 2 is 1.88 bits per heavy atom. The van der Waals surface area contributed by atoms with Crippen LogP contribution in [0.3, 0.4) is 0 Å². The van der Waals surface area contributed by atoms with Crippen LogP contribution < -0.4 is 0 Å². The number of halogens is 1. The Balaban J connectivity index is 2.18. The maximum absolute atomic E-state index is 13.3. The second kappa shape index (κ2) is 5.50. The van der Waals surface area contributed by atoms with Crippen molar-refractivity contribution in [3.63, 3.8) is 0 Å². The van der Waals surface area contributed by atoms with Gasteiger partial charge in [0.1, 0.15) is 5.82 Å². The van der Waals surface area contributed by atoms with Crippen molar-refractivity contribution in [1.29, 1.82) is 0 Å². The number of rotatable bonds is 3. The molecule has 0 amide bonds. The van der Waals surface area contributed by atoms with Crippen molar-refractivity contribution in [3.05, 3.63) is 65.6 Å². The van der Waals surface area contributed by atoms with Crippen molar-refractivity contribution < 1.29 is 8.60 Å². The summed E-state index contributed by atoms with van der Waals surface area (Å²) >= 11 is 0. The van der Waals surface area contributed by atoms with Crippen LogP contribution in [0.15, 0.2) is 59.0 Å². The highest BCUT2D eigenvalue weighted by Gasteiger charge is 2.05. The van der Waals surface area contributed by atoms with E-state index >= 15 is 0 Å². The lowest BCUT2D eigenvalue weighted by Crippen LogP contribution is -1.91. The van der Waals surface area contributed by atoms with E-state index in [1.165, 1.54) is 17.5 Å². The van der Waals surface area contributed by atoms with Crippen LogP contribution in [0.25, 0.3) is 6.08 Å². The van der Waals surface area contributed by atoms with Crippen LogP contribution >= 0.6 is 0 Å². The maximum atomic E-state index is 13.3. The van der Waals surface area contributed by atoms with E-state index in [4.69, 9.17) is 0 Å². The molecular formula is C13H10FNOS. The van der Waals surface area contributed by atoms with Crippen LogP contribution in [0.2, 0.25) is 0 Å². The Morgan fingerprint density at radius 3 is 2.59 bits per heavy atom. The van der Waals surface area contributed by atoms with Gasteiger partial charge < -0.3 is 0 Å². The average Bonchev–Trinajstić information content (AvgIpc) is 2.38. The Kier molecular flexibility index (Phi) is 3.77. The Hall–Kier alpha value is -1.81. The molecule has 1 aromatic carbocycles. The molecule has 0 aliphatic rings. The number of nitrogens with zero attached hydrogens (tertiary/aromatic N) is 1. The molecule has 4 heteroatoms. The lowest BCUT2D eigenvalue weighted by Gasteiger charge is -1.97. The van der Waals surface area contributed by atoms with E-state index in [2.05, 4.69) is 4.98 Å². The third-order valence-electron chi connectivity index (χ3n) is 2.10. The van der Waals surface area contributed by atoms with Gasteiger partial charge in [-0.1, -0.05) is 18.2 Å². The fourth-order valence-corrected chi connectivity index (χ4v) is 2.17. The second-order valence-electron chi connectivity index (χ2n) is 3.29. The fraction of sp³-hybridized carbons (Fsp3) is 0. The minimum Gasteiger partial charge on any atom is -0.257 e. The first-order valence-electron chi connectivity index (χ1n) is 5.02. The summed E-state index contributed by atoms with van der Waals surface area (Å²) in [5, 5.41) is 1.43. The van der Waals surface area contributed by atoms with Gasteiger partial charge in [0.05, 0.1) is 21.4 Å². The molecule has 0 fully saturated rings. The summed E-state index contributed by atoms with van der Waals surface area (Å²) in [6.45, 7) is 0. The number of aromatic nitrogens is 1. The first-order valence-corrected chi connectivity index (χ1v) is 6.23.